The van der Waals surface area contributed by atoms with Gasteiger partial charge in [0, 0.05) is 6.54 Å². The molecule has 0 radical (unpaired) electrons. The van der Waals surface area contributed by atoms with E-state index in [4.69, 9.17) is 9.47 Å². The summed E-state index contributed by atoms with van der Waals surface area (Å²) in [6.45, 7) is 1.57. The topological polar surface area (TPSA) is 30.5 Å². The molecule has 0 spiro atoms. The van der Waals surface area contributed by atoms with E-state index in [0.717, 1.165) is 12.1 Å². The van der Waals surface area contributed by atoms with Crippen molar-refractivity contribution < 1.29 is 22.6 Å². The Morgan fingerprint density at radius 2 is 2.05 bits per heavy atom. The summed E-state index contributed by atoms with van der Waals surface area (Å²) < 4.78 is 48.4. The van der Waals surface area contributed by atoms with Crippen molar-refractivity contribution in [1.29, 1.82) is 0 Å². The third-order valence-electron chi connectivity index (χ3n) is 2.82. The summed E-state index contributed by atoms with van der Waals surface area (Å²) in [6.07, 6.45) is -4.38. The highest BCUT2D eigenvalue weighted by Gasteiger charge is 2.32. The number of morpholine rings is 1. The summed E-state index contributed by atoms with van der Waals surface area (Å²) in [5, 5.41) is 3.12. The number of hydrogen-bond donors (Lipinski definition) is 1. The summed E-state index contributed by atoms with van der Waals surface area (Å²) in [5.41, 5.74) is -0.175. The van der Waals surface area contributed by atoms with Crippen LogP contribution in [0.1, 0.15) is 17.2 Å². The summed E-state index contributed by atoms with van der Waals surface area (Å²) >= 11 is 0. The van der Waals surface area contributed by atoms with Gasteiger partial charge in [0.05, 0.1) is 31.9 Å². The smallest absolute Gasteiger partial charge is 0.416 e. The Bertz CT molecular complexity index is 420. The van der Waals surface area contributed by atoms with Crippen LogP contribution in [0.4, 0.5) is 13.2 Å². The number of methoxy groups -OCH3 is 1. The molecule has 0 amide bonds. The SMILES string of the molecule is COc1cc([C@@H]2COCCN2)cc(C(F)(F)F)c1.Cl. The summed E-state index contributed by atoms with van der Waals surface area (Å²) in [4.78, 5) is 0. The van der Waals surface area contributed by atoms with E-state index >= 15 is 0 Å². The Labute approximate surface area is 115 Å². The van der Waals surface area contributed by atoms with Gasteiger partial charge in [0.1, 0.15) is 5.75 Å². The van der Waals surface area contributed by atoms with Crippen LogP contribution in [-0.2, 0) is 10.9 Å². The van der Waals surface area contributed by atoms with Crippen LogP contribution >= 0.6 is 12.4 Å². The van der Waals surface area contributed by atoms with E-state index < -0.39 is 11.7 Å². The zero-order valence-electron chi connectivity index (χ0n) is 10.3. The van der Waals surface area contributed by atoms with Crippen LogP contribution in [0.5, 0.6) is 5.75 Å². The third kappa shape index (κ3) is 3.99. The Hall–Kier alpha value is -0.980. The second-order valence-electron chi connectivity index (χ2n) is 4.07. The third-order valence-corrected chi connectivity index (χ3v) is 2.82. The van der Waals surface area contributed by atoms with Crippen LogP contribution < -0.4 is 10.1 Å². The number of rotatable bonds is 2. The first-order valence-corrected chi connectivity index (χ1v) is 5.58. The number of alkyl halides is 3. The van der Waals surface area contributed by atoms with Crippen LogP contribution in [0, 0.1) is 0 Å². The quantitative estimate of drug-likeness (QED) is 0.910. The molecule has 2 rings (SSSR count). The first-order chi connectivity index (χ1) is 8.50. The standard InChI is InChI=1S/C12H14F3NO2.ClH/c1-17-10-5-8(11-7-18-3-2-16-11)4-9(6-10)12(13,14)15;/h4-6,11,16H,2-3,7H2,1H3;1H/t11-;/m0./s1. The van der Waals surface area contributed by atoms with Gasteiger partial charge >= 0.3 is 6.18 Å². The Morgan fingerprint density at radius 1 is 1.32 bits per heavy atom. The molecule has 1 saturated heterocycles. The number of hydrogen-bond acceptors (Lipinski definition) is 3. The van der Waals surface area contributed by atoms with Gasteiger partial charge in [-0.25, -0.2) is 0 Å². The molecule has 1 heterocycles. The predicted molar refractivity (Wildman–Crippen MR) is 66.8 cm³/mol. The van der Waals surface area contributed by atoms with Crippen molar-refractivity contribution in [2.24, 2.45) is 0 Å². The molecule has 19 heavy (non-hydrogen) atoms. The summed E-state index contributed by atoms with van der Waals surface area (Å²) in [7, 11) is 1.35. The molecular weight excluding hydrogens is 283 g/mol. The molecule has 0 unspecified atom stereocenters. The van der Waals surface area contributed by atoms with Crippen molar-refractivity contribution in [3.8, 4) is 5.75 Å². The molecule has 3 nitrogen and oxygen atoms in total. The van der Waals surface area contributed by atoms with Crippen LogP contribution in [0.25, 0.3) is 0 Å². The van der Waals surface area contributed by atoms with Gasteiger partial charge in [-0.05, 0) is 23.8 Å². The zero-order chi connectivity index (χ0) is 13.2. The highest BCUT2D eigenvalue weighted by atomic mass is 35.5. The molecule has 0 aromatic heterocycles. The minimum Gasteiger partial charge on any atom is -0.497 e. The van der Waals surface area contributed by atoms with E-state index in [2.05, 4.69) is 5.32 Å². The zero-order valence-corrected chi connectivity index (χ0v) is 11.1. The molecular formula is C12H15ClF3NO2. The van der Waals surface area contributed by atoms with Crippen molar-refractivity contribution in [3.05, 3.63) is 29.3 Å². The van der Waals surface area contributed by atoms with Gasteiger partial charge < -0.3 is 14.8 Å². The van der Waals surface area contributed by atoms with Crippen LogP contribution in [0.2, 0.25) is 0 Å². The van der Waals surface area contributed by atoms with E-state index in [9.17, 15) is 13.2 Å². The van der Waals surface area contributed by atoms with Gasteiger partial charge in [0.2, 0.25) is 0 Å². The normalized spacial score (nSPS) is 19.7. The largest absolute Gasteiger partial charge is 0.497 e. The maximum atomic E-state index is 12.7. The lowest BCUT2D eigenvalue weighted by Crippen LogP contribution is -2.34. The molecule has 0 bridgehead atoms. The Kier molecular flexibility index (Phi) is 5.46. The monoisotopic (exact) mass is 297 g/mol. The second-order valence-corrected chi connectivity index (χ2v) is 4.07. The van der Waals surface area contributed by atoms with E-state index in [-0.39, 0.29) is 24.2 Å². The van der Waals surface area contributed by atoms with E-state index in [1.807, 2.05) is 0 Å². The highest BCUT2D eigenvalue weighted by Crippen LogP contribution is 2.34. The van der Waals surface area contributed by atoms with E-state index in [0.29, 0.717) is 25.3 Å². The van der Waals surface area contributed by atoms with Gasteiger partial charge in [-0.2, -0.15) is 13.2 Å². The lowest BCUT2D eigenvalue weighted by molar-refractivity contribution is -0.137. The van der Waals surface area contributed by atoms with Gasteiger partial charge in [-0.3, -0.25) is 0 Å². The lowest BCUT2D eigenvalue weighted by atomic mass is 10.0. The number of nitrogens with one attached hydrogen (secondary N) is 1. The molecule has 1 atom stereocenters. The minimum atomic E-state index is -4.38. The molecule has 0 saturated carbocycles. The first-order valence-electron chi connectivity index (χ1n) is 5.58. The molecule has 108 valence electrons. The number of benzene rings is 1. The highest BCUT2D eigenvalue weighted by molar-refractivity contribution is 5.85. The number of halogens is 4. The van der Waals surface area contributed by atoms with Crippen molar-refractivity contribution in [3.63, 3.8) is 0 Å². The van der Waals surface area contributed by atoms with Gasteiger partial charge in [-0.15, -0.1) is 12.4 Å². The molecule has 0 aliphatic carbocycles. The Morgan fingerprint density at radius 3 is 2.58 bits per heavy atom. The molecule has 1 fully saturated rings. The molecule has 1 aromatic rings. The van der Waals surface area contributed by atoms with E-state index in [1.54, 1.807) is 6.07 Å². The van der Waals surface area contributed by atoms with Crippen molar-refractivity contribution >= 4 is 12.4 Å². The average molecular weight is 298 g/mol. The van der Waals surface area contributed by atoms with Crippen LogP contribution in [0.15, 0.2) is 18.2 Å². The maximum absolute atomic E-state index is 12.7. The molecule has 1 aliphatic rings. The van der Waals surface area contributed by atoms with E-state index in [1.165, 1.54) is 7.11 Å². The van der Waals surface area contributed by atoms with Gasteiger partial charge in [0.15, 0.2) is 0 Å². The van der Waals surface area contributed by atoms with Crippen molar-refractivity contribution in [2.75, 3.05) is 26.9 Å². The fraction of sp³-hybridized carbons (Fsp3) is 0.500. The second kappa shape index (κ2) is 6.45. The van der Waals surface area contributed by atoms with Crippen molar-refractivity contribution in [2.45, 2.75) is 12.2 Å². The van der Waals surface area contributed by atoms with Gasteiger partial charge in [-0.1, -0.05) is 0 Å². The summed E-state index contributed by atoms with van der Waals surface area (Å²) in [5.74, 6) is 0.201. The maximum Gasteiger partial charge on any atom is 0.416 e. The average Bonchev–Trinajstić information content (AvgIpc) is 2.38. The van der Waals surface area contributed by atoms with Crippen molar-refractivity contribution in [1.82, 2.24) is 5.32 Å². The first kappa shape index (κ1) is 16.1. The predicted octanol–water partition coefficient (Wildman–Crippen LogP) is 2.80. The molecule has 1 N–H and O–H groups in total. The summed E-state index contributed by atoms with van der Waals surface area (Å²) in [6, 6.07) is 3.50. The molecule has 1 aliphatic heterocycles. The number of ether oxygens (including phenoxy) is 2. The minimum absolute atomic E-state index is 0. The lowest BCUT2D eigenvalue weighted by Gasteiger charge is -2.25. The molecule has 7 heteroatoms. The van der Waals surface area contributed by atoms with Gasteiger partial charge in [0.25, 0.3) is 0 Å². The molecule has 1 aromatic carbocycles. The Balaban J connectivity index is 0.00000180. The van der Waals surface area contributed by atoms with Crippen LogP contribution in [0.3, 0.4) is 0 Å². The fourth-order valence-electron chi connectivity index (χ4n) is 1.88. The van der Waals surface area contributed by atoms with Crippen LogP contribution in [-0.4, -0.2) is 26.9 Å². The fourth-order valence-corrected chi connectivity index (χ4v) is 1.88.